The van der Waals surface area contributed by atoms with E-state index in [9.17, 15) is 13.6 Å². The molecule has 21 heavy (non-hydrogen) atoms. The van der Waals surface area contributed by atoms with Gasteiger partial charge in [0.25, 0.3) is 5.91 Å². The summed E-state index contributed by atoms with van der Waals surface area (Å²) in [7, 11) is 0. The molecule has 1 amide bonds. The molecule has 0 bridgehead atoms. The van der Waals surface area contributed by atoms with Crippen molar-refractivity contribution in [1.82, 2.24) is 0 Å². The highest BCUT2D eigenvalue weighted by Gasteiger charge is 2.10. The molecule has 0 atom stereocenters. The van der Waals surface area contributed by atoms with Crippen LogP contribution in [-0.4, -0.2) is 11.8 Å². The van der Waals surface area contributed by atoms with E-state index in [4.69, 9.17) is 11.6 Å². The molecule has 0 saturated heterocycles. The first-order valence-electron chi connectivity index (χ1n) is 6.51. The van der Waals surface area contributed by atoms with Gasteiger partial charge in [0, 0.05) is 17.1 Å². The number of rotatable bonds is 5. The lowest BCUT2D eigenvalue weighted by atomic mass is 10.1. The highest BCUT2D eigenvalue weighted by atomic mass is 35.5. The molecule has 0 aliphatic heterocycles. The van der Waals surface area contributed by atoms with Gasteiger partial charge in [0.1, 0.15) is 0 Å². The molecule has 2 nitrogen and oxygen atoms in total. The van der Waals surface area contributed by atoms with Gasteiger partial charge in [0.05, 0.1) is 0 Å². The minimum Gasteiger partial charge on any atom is -0.322 e. The Morgan fingerprint density at radius 3 is 2.62 bits per heavy atom. The highest BCUT2D eigenvalue weighted by Crippen LogP contribution is 2.15. The summed E-state index contributed by atoms with van der Waals surface area (Å²) >= 11 is 5.65. The van der Waals surface area contributed by atoms with Crippen LogP contribution in [0.2, 0.25) is 0 Å². The maximum absolute atomic E-state index is 13.1. The molecule has 0 aliphatic rings. The molecule has 0 aromatic heterocycles. The van der Waals surface area contributed by atoms with E-state index in [1.807, 2.05) is 18.2 Å². The van der Waals surface area contributed by atoms with Crippen molar-refractivity contribution in [3.63, 3.8) is 0 Å². The summed E-state index contributed by atoms with van der Waals surface area (Å²) in [5.74, 6) is -1.93. The monoisotopic (exact) mass is 309 g/mol. The molecule has 2 rings (SSSR count). The lowest BCUT2D eigenvalue weighted by Gasteiger charge is -2.07. The summed E-state index contributed by atoms with van der Waals surface area (Å²) < 4.78 is 26.0. The average molecular weight is 310 g/mol. The van der Waals surface area contributed by atoms with Crippen molar-refractivity contribution in [2.45, 2.75) is 12.8 Å². The molecule has 2 aromatic carbocycles. The molecule has 0 radical (unpaired) electrons. The van der Waals surface area contributed by atoms with Gasteiger partial charge in [-0.1, -0.05) is 12.1 Å². The third-order valence-electron chi connectivity index (χ3n) is 2.97. The normalized spacial score (nSPS) is 10.4. The van der Waals surface area contributed by atoms with E-state index in [2.05, 4.69) is 5.32 Å². The zero-order valence-electron chi connectivity index (χ0n) is 11.2. The first kappa shape index (κ1) is 15.4. The fraction of sp³-hybridized carbons (Fsp3) is 0.188. The number of anilines is 1. The molecule has 0 unspecified atom stereocenters. The van der Waals surface area contributed by atoms with Crippen LogP contribution < -0.4 is 5.32 Å². The minimum atomic E-state index is -1.04. The van der Waals surface area contributed by atoms with Gasteiger partial charge >= 0.3 is 0 Å². The summed E-state index contributed by atoms with van der Waals surface area (Å²) in [5.41, 5.74) is 1.73. The van der Waals surface area contributed by atoms with Crippen molar-refractivity contribution in [2.75, 3.05) is 11.2 Å². The van der Waals surface area contributed by atoms with Gasteiger partial charge in [-0.2, -0.15) is 0 Å². The Morgan fingerprint density at radius 2 is 1.90 bits per heavy atom. The Bertz CT molecular complexity index is 646. The number of carbonyl (C=O) groups excluding carboxylic acids is 1. The predicted molar refractivity (Wildman–Crippen MR) is 79.8 cm³/mol. The van der Waals surface area contributed by atoms with E-state index in [0.717, 1.165) is 30.5 Å². The van der Waals surface area contributed by atoms with Crippen LogP contribution >= 0.6 is 11.6 Å². The molecule has 0 heterocycles. The maximum atomic E-state index is 13.1. The maximum Gasteiger partial charge on any atom is 0.255 e. The minimum absolute atomic E-state index is 0.0695. The second-order valence-corrected chi connectivity index (χ2v) is 4.95. The number of benzene rings is 2. The molecule has 110 valence electrons. The van der Waals surface area contributed by atoms with Gasteiger partial charge in [-0.15, -0.1) is 11.6 Å². The average Bonchev–Trinajstić information content (AvgIpc) is 2.48. The Balaban J connectivity index is 2.10. The number of hydrogen-bond donors (Lipinski definition) is 1. The largest absolute Gasteiger partial charge is 0.322 e. The molecule has 2 aromatic rings. The molecule has 5 heteroatoms. The van der Waals surface area contributed by atoms with Gasteiger partial charge < -0.3 is 5.32 Å². The highest BCUT2D eigenvalue weighted by molar-refractivity contribution is 6.17. The van der Waals surface area contributed by atoms with Gasteiger partial charge in [-0.05, 0) is 48.7 Å². The summed E-state index contributed by atoms with van der Waals surface area (Å²) in [6.45, 7) is 0. The smallest absolute Gasteiger partial charge is 0.255 e. The Morgan fingerprint density at radius 1 is 1.10 bits per heavy atom. The van der Waals surface area contributed by atoms with E-state index in [1.165, 1.54) is 6.07 Å². The van der Waals surface area contributed by atoms with Gasteiger partial charge in [-0.25, -0.2) is 8.78 Å². The van der Waals surface area contributed by atoms with Gasteiger partial charge in [0.15, 0.2) is 11.6 Å². The molecule has 0 saturated carbocycles. The van der Waals surface area contributed by atoms with E-state index >= 15 is 0 Å². The van der Waals surface area contributed by atoms with Crippen LogP contribution in [0, 0.1) is 11.6 Å². The van der Waals surface area contributed by atoms with Crippen molar-refractivity contribution in [2.24, 2.45) is 0 Å². The van der Waals surface area contributed by atoms with Crippen LogP contribution in [0.4, 0.5) is 14.5 Å². The quantitative estimate of drug-likeness (QED) is 0.816. The van der Waals surface area contributed by atoms with Gasteiger partial charge in [0.2, 0.25) is 0 Å². The molecule has 1 N–H and O–H groups in total. The third kappa shape index (κ3) is 4.26. The van der Waals surface area contributed by atoms with Crippen molar-refractivity contribution >= 4 is 23.2 Å². The molecule has 0 fully saturated rings. The van der Waals surface area contributed by atoms with Crippen LogP contribution in [-0.2, 0) is 6.42 Å². The number of amides is 1. The Hall–Kier alpha value is -1.94. The first-order chi connectivity index (χ1) is 10.1. The van der Waals surface area contributed by atoms with E-state index in [1.54, 1.807) is 6.07 Å². The zero-order valence-corrected chi connectivity index (χ0v) is 12.0. The second-order valence-electron chi connectivity index (χ2n) is 4.58. The number of aryl methyl sites for hydroxylation is 1. The standard InChI is InChI=1S/C16H14ClF2NO/c17-8-2-4-11-3-1-5-13(9-11)20-16(21)12-6-7-14(18)15(19)10-12/h1,3,5-7,9-10H,2,4,8H2,(H,20,21). The van der Waals surface area contributed by atoms with E-state index in [-0.39, 0.29) is 5.56 Å². The number of hydrogen-bond acceptors (Lipinski definition) is 1. The number of alkyl halides is 1. The van der Waals surface area contributed by atoms with Crippen LogP contribution in [0.15, 0.2) is 42.5 Å². The zero-order chi connectivity index (χ0) is 15.2. The van der Waals surface area contributed by atoms with Crippen LogP contribution in [0.3, 0.4) is 0 Å². The van der Waals surface area contributed by atoms with Crippen LogP contribution in [0.5, 0.6) is 0 Å². The Labute approximate surface area is 126 Å². The lowest BCUT2D eigenvalue weighted by Crippen LogP contribution is -2.12. The van der Waals surface area contributed by atoms with Crippen LogP contribution in [0.25, 0.3) is 0 Å². The molecule has 0 spiro atoms. The number of nitrogens with one attached hydrogen (secondary N) is 1. The van der Waals surface area contributed by atoms with E-state index in [0.29, 0.717) is 11.6 Å². The van der Waals surface area contributed by atoms with Crippen molar-refractivity contribution in [3.8, 4) is 0 Å². The molecular weight excluding hydrogens is 296 g/mol. The summed E-state index contributed by atoms with van der Waals surface area (Å²) in [5, 5.41) is 2.66. The molecular formula is C16H14ClF2NO. The SMILES string of the molecule is O=C(Nc1cccc(CCCCl)c1)c1ccc(F)c(F)c1. The fourth-order valence-electron chi connectivity index (χ4n) is 1.92. The number of carbonyl (C=O) groups is 1. The fourth-order valence-corrected chi connectivity index (χ4v) is 2.05. The summed E-state index contributed by atoms with van der Waals surface area (Å²) in [6.07, 6.45) is 1.67. The van der Waals surface area contributed by atoms with E-state index < -0.39 is 17.5 Å². The first-order valence-corrected chi connectivity index (χ1v) is 7.05. The predicted octanol–water partition coefficient (Wildman–Crippen LogP) is 4.39. The van der Waals surface area contributed by atoms with Crippen LogP contribution in [0.1, 0.15) is 22.3 Å². The second kappa shape index (κ2) is 7.18. The lowest BCUT2D eigenvalue weighted by molar-refractivity contribution is 0.102. The van der Waals surface area contributed by atoms with Crippen molar-refractivity contribution in [3.05, 3.63) is 65.2 Å². The van der Waals surface area contributed by atoms with Crippen molar-refractivity contribution in [1.29, 1.82) is 0 Å². The third-order valence-corrected chi connectivity index (χ3v) is 3.23. The molecule has 0 aliphatic carbocycles. The summed E-state index contributed by atoms with van der Waals surface area (Å²) in [4.78, 5) is 12.0. The number of halogens is 3. The Kier molecular flexibility index (Phi) is 5.28. The van der Waals surface area contributed by atoms with Gasteiger partial charge in [-0.3, -0.25) is 4.79 Å². The topological polar surface area (TPSA) is 29.1 Å². The van der Waals surface area contributed by atoms with Crippen molar-refractivity contribution < 1.29 is 13.6 Å². The summed E-state index contributed by atoms with van der Waals surface area (Å²) in [6, 6.07) is 10.4.